The summed E-state index contributed by atoms with van der Waals surface area (Å²) < 4.78 is 7.65. The molecular formula is C20H30N6O2. The first-order valence-corrected chi connectivity index (χ1v) is 10.1. The van der Waals surface area contributed by atoms with Gasteiger partial charge < -0.3 is 14.5 Å². The molecule has 1 amide bonds. The Hall–Kier alpha value is -2.03. The Morgan fingerprint density at radius 2 is 2.21 bits per heavy atom. The van der Waals surface area contributed by atoms with Gasteiger partial charge in [0.05, 0.1) is 19.4 Å². The molecule has 0 saturated carbocycles. The first-order valence-electron chi connectivity index (χ1n) is 10.1. The third kappa shape index (κ3) is 4.04. The highest BCUT2D eigenvalue weighted by molar-refractivity contribution is 5.99. The van der Waals surface area contributed by atoms with Crippen LogP contribution in [0.25, 0.3) is 5.65 Å². The molecule has 2 aromatic rings. The molecule has 152 valence electrons. The second-order valence-corrected chi connectivity index (χ2v) is 8.41. The van der Waals surface area contributed by atoms with Gasteiger partial charge in [-0.25, -0.2) is 9.50 Å². The average molecular weight is 387 g/mol. The monoisotopic (exact) mass is 386 g/mol. The van der Waals surface area contributed by atoms with Crippen LogP contribution in [0.1, 0.15) is 23.2 Å². The molecule has 2 saturated heterocycles. The molecule has 1 atom stereocenters. The highest BCUT2D eigenvalue weighted by atomic mass is 16.5. The zero-order chi connectivity index (χ0) is 19.6. The largest absolute Gasteiger partial charge is 0.379 e. The van der Waals surface area contributed by atoms with Crippen LogP contribution in [0, 0.1) is 5.41 Å². The van der Waals surface area contributed by atoms with Crippen molar-refractivity contribution in [2.24, 2.45) is 5.41 Å². The van der Waals surface area contributed by atoms with Crippen molar-refractivity contribution in [3.8, 4) is 0 Å². The molecular weight excluding hydrogens is 356 g/mol. The number of likely N-dealkylation sites (N-methyl/N-ethyl adjacent to an activating group) is 1. The van der Waals surface area contributed by atoms with Crippen LogP contribution < -0.4 is 0 Å². The first-order chi connectivity index (χ1) is 13.6. The highest BCUT2D eigenvalue weighted by Crippen LogP contribution is 2.33. The summed E-state index contributed by atoms with van der Waals surface area (Å²) in [6.07, 6.45) is 7.26. The Balaban J connectivity index is 1.50. The van der Waals surface area contributed by atoms with Crippen molar-refractivity contribution in [1.29, 1.82) is 0 Å². The number of likely N-dealkylation sites (tertiary alicyclic amines) is 1. The third-order valence-electron chi connectivity index (χ3n) is 5.84. The Morgan fingerprint density at radius 3 is 3.07 bits per heavy atom. The van der Waals surface area contributed by atoms with Gasteiger partial charge in [0.25, 0.3) is 5.91 Å². The van der Waals surface area contributed by atoms with Gasteiger partial charge in [-0.15, -0.1) is 0 Å². The van der Waals surface area contributed by atoms with E-state index in [-0.39, 0.29) is 11.3 Å². The topological polar surface area (TPSA) is 66.2 Å². The molecule has 28 heavy (non-hydrogen) atoms. The van der Waals surface area contributed by atoms with Crippen LogP contribution >= 0.6 is 0 Å². The van der Waals surface area contributed by atoms with Crippen molar-refractivity contribution >= 4 is 11.6 Å². The minimum Gasteiger partial charge on any atom is -0.379 e. The SMILES string of the molecule is CN(C)CCN1CCOCC2(CCCN(C(=O)c3cnn4cccnc34)C2)C1. The van der Waals surface area contributed by atoms with Crippen LogP contribution in [0.2, 0.25) is 0 Å². The van der Waals surface area contributed by atoms with Gasteiger partial charge in [-0.05, 0) is 33.0 Å². The number of carbonyl (C=O) groups is 1. The second kappa shape index (κ2) is 8.14. The Labute approximate surface area is 166 Å². The van der Waals surface area contributed by atoms with Crippen molar-refractivity contribution in [1.82, 2.24) is 29.3 Å². The van der Waals surface area contributed by atoms with Crippen LogP contribution in [0.15, 0.2) is 24.7 Å². The predicted octanol–water partition coefficient (Wildman–Crippen LogP) is 0.846. The molecule has 0 N–H and O–H groups in total. The third-order valence-corrected chi connectivity index (χ3v) is 5.84. The maximum atomic E-state index is 13.3. The number of carbonyl (C=O) groups excluding carboxylic acids is 1. The molecule has 4 rings (SSSR count). The maximum Gasteiger partial charge on any atom is 0.259 e. The molecule has 2 aliphatic heterocycles. The summed E-state index contributed by atoms with van der Waals surface area (Å²) in [5, 5.41) is 4.28. The van der Waals surface area contributed by atoms with Crippen LogP contribution in [0.4, 0.5) is 0 Å². The van der Waals surface area contributed by atoms with Gasteiger partial charge in [-0.3, -0.25) is 9.69 Å². The molecule has 0 aliphatic carbocycles. The Kier molecular flexibility index (Phi) is 5.61. The van der Waals surface area contributed by atoms with E-state index in [1.54, 1.807) is 16.9 Å². The number of piperidine rings is 1. The number of hydrogen-bond acceptors (Lipinski definition) is 6. The predicted molar refractivity (Wildman–Crippen MR) is 106 cm³/mol. The first kappa shape index (κ1) is 19.3. The van der Waals surface area contributed by atoms with Crippen molar-refractivity contribution < 1.29 is 9.53 Å². The number of amides is 1. The van der Waals surface area contributed by atoms with Gasteiger partial charge in [-0.2, -0.15) is 5.10 Å². The maximum absolute atomic E-state index is 13.3. The van der Waals surface area contributed by atoms with Gasteiger partial charge in [0.2, 0.25) is 0 Å². The molecule has 0 aromatic carbocycles. The van der Waals surface area contributed by atoms with E-state index in [1.807, 2.05) is 17.2 Å². The minimum atomic E-state index is 0.00706. The Bertz CT molecular complexity index is 822. The highest BCUT2D eigenvalue weighted by Gasteiger charge is 2.40. The molecule has 1 unspecified atom stereocenters. The lowest BCUT2D eigenvalue weighted by molar-refractivity contribution is 0.00724. The normalized spacial score (nSPS) is 24.2. The average Bonchev–Trinajstić information content (AvgIpc) is 3.03. The zero-order valence-electron chi connectivity index (χ0n) is 16.9. The van der Waals surface area contributed by atoms with Gasteiger partial charge in [0, 0.05) is 57.1 Å². The number of hydrogen-bond donors (Lipinski definition) is 0. The molecule has 1 spiro atoms. The molecule has 2 aliphatic rings. The fourth-order valence-electron chi connectivity index (χ4n) is 4.39. The summed E-state index contributed by atoms with van der Waals surface area (Å²) in [4.78, 5) is 24.3. The molecule has 0 radical (unpaired) electrons. The van der Waals surface area contributed by atoms with E-state index >= 15 is 0 Å². The quantitative estimate of drug-likeness (QED) is 0.776. The van der Waals surface area contributed by atoms with E-state index in [0.717, 1.165) is 65.3 Å². The lowest BCUT2D eigenvalue weighted by Crippen LogP contribution is -2.52. The second-order valence-electron chi connectivity index (χ2n) is 8.41. The van der Waals surface area contributed by atoms with Gasteiger partial charge >= 0.3 is 0 Å². The molecule has 2 aromatic heterocycles. The molecule has 8 heteroatoms. The summed E-state index contributed by atoms with van der Waals surface area (Å²) in [6, 6.07) is 1.81. The molecule has 2 fully saturated rings. The van der Waals surface area contributed by atoms with Crippen molar-refractivity contribution in [2.45, 2.75) is 12.8 Å². The molecule has 8 nitrogen and oxygen atoms in total. The van der Waals surface area contributed by atoms with E-state index in [0.29, 0.717) is 11.2 Å². The summed E-state index contributed by atoms with van der Waals surface area (Å²) in [6.45, 7) is 7.01. The van der Waals surface area contributed by atoms with Crippen LogP contribution in [0.3, 0.4) is 0 Å². The number of rotatable bonds is 4. The lowest BCUT2D eigenvalue weighted by atomic mass is 9.80. The smallest absolute Gasteiger partial charge is 0.259 e. The van der Waals surface area contributed by atoms with Crippen molar-refractivity contribution in [3.05, 3.63) is 30.2 Å². The van der Waals surface area contributed by atoms with Crippen LogP contribution in [-0.2, 0) is 4.74 Å². The lowest BCUT2D eigenvalue weighted by Gasteiger charge is -2.43. The standard InChI is InChI=1S/C20H30N6O2/c1-23(2)9-10-24-11-12-28-16-20(14-24)5-3-7-25(15-20)19(27)17-13-22-26-8-4-6-21-18(17)26/h4,6,8,13H,3,5,7,9-12,14-16H2,1-2H3. The number of nitrogens with zero attached hydrogens (tertiary/aromatic N) is 6. The van der Waals surface area contributed by atoms with E-state index < -0.39 is 0 Å². The summed E-state index contributed by atoms with van der Waals surface area (Å²) in [5.74, 6) is 0.0249. The zero-order valence-corrected chi connectivity index (χ0v) is 16.9. The van der Waals surface area contributed by atoms with Gasteiger partial charge in [0.15, 0.2) is 5.65 Å². The van der Waals surface area contributed by atoms with Crippen LogP contribution in [0.5, 0.6) is 0 Å². The Morgan fingerprint density at radius 1 is 1.32 bits per heavy atom. The van der Waals surface area contributed by atoms with Crippen LogP contribution in [-0.4, -0.2) is 102 Å². The fourth-order valence-corrected chi connectivity index (χ4v) is 4.39. The number of aromatic nitrogens is 3. The van der Waals surface area contributed by atoms with E-state index in [2.05, 4.69) is 34.0 Å². The summed E-state index contributed by atoms with van der Waals surface area (Å²) in [7, 11) is 4.21. The number of fused-ring (bicyclic) bond motifs is 1. The van der Waals surface area contributed by atoms with Crippen molar-refractivity contribution in [3.63, 3.8) is 0 Å². The van der Waals surface area contributed by atoms with Gasteiger partial charge in [0.1, 0.15) is 5.56 Å². The van der Waals surface area contributed by atoms with Crippen molar-refractivity contribution in [2.75, 3.05) is 66.6 Å². The molecule has 4 heterocycles. The van der Waals surface area contributed by atoms with E-state index in [4.69, 9.17) is 4.74 Å². The summed E-state index contributed by atoms with van der Waals surface area (Å²) >= 11 is 0. The van der Waals surface area contributed by atoms with Gasteiger partial charge in [-0.1, -0.05) is 0 Å². The molecule has 0 bridgehead atoms. The van der Waals surface area contributed by atoms with E-state index in [9.17, 15) is 4.79 Å². The number of ether oxygens (including phenoxy) is 1. The summed E-state index contributed by atoms with van der Waals surface area (Å²) in [5.41, 5.74) is 1.21. The van der Waals surface area contributed by atoms with E-state index in [1.165, 1.54) is 0 Å². The minimum absolute atomic E-state index is 0.00706. The fraction of sp³-hybridized carbons (Fsp3) is 0.650.